The van der Waals surface area contributed by atoms with E-state index in [4.69, 9.17) is 9.15 Å². The molecule has 7 nitrogen and oxygen atoms in total. The molecule has 4 rings (SSSR count). The number of hydrogen-bond donors (Lipinski definition) is 1. The summed E-state index contributed by atoms with van der Waals surface area (Å²) in [4.78, 5) is 34.1. The fraction of sp³-hybridized carbons (Fsp3) is 0.286. The molecule has 4 heterocycles. The molecule has 150 valence electrons. The van der Waals surface area contributed by atoms with Gasteiger partial charge in [-0.3, -0.25) is 14.2 Å². The highest BCUT2D eigenvalue weighted by atomic mass is 32.1. The van der Waals surface area contributed by atoms with E-state index in [0.717, 1.165) is 12.0 Å². The summed E-state index contributed by atoms with van der Waals surface area (Å²) in [6.07, 6.45) is 4.55. The quantitative estimate of drug-likeness (QED) is 0.499. The number of ether oxygens (including phenoxy) is 1. The number of H-pyrrole nitrogens is 1. The number of furan rings is 1. The molecule has 0 spiro atoms. The zero-order chi connectivity index (χ0) is 20.4. The SMILES string of the molecule is CCCOc1c[nH]c(Cn2c(CC)nc3scc(-c4ccco4)c3c2=O)cc1=O. The van der Waals surface area contributed by atoms with Crippen LogP contribution in [0.4, 0.5) is 0 Å². The normalized spacial score (nSPS) is 11.2. The number of thiophene rings is 1. The Balaban J connectivity index is 1.78. The summed E-state index contributed by atoms with van der Waals surface area (Å²) < 4.78 is 12.5. The lowest BCUT2D eigenvalue weighted by molar-refractivity contribution is 0.313. The second-order valence-corrected chi connectivity index (χ2v) is 7.47. The summed E-state index contributed by atoms with van der Waals surface area (Å²) >= 11 is 1.42. The minimum atomic E-state index is -0.209. The number of rotatable bonds is 7. The van der Waals surface area contributed by atoms with E-state index in [1.165, 1.54) is 17.4 Å². The zero-order valence-corrected chi connectivity index (χ0v) is 17.0. The molecule has 0 radical (unpaired) electrons. The molecule has 8 heteroatoms. The average Bonchev–Trinajstić information content (AvgIpc) is 3.38. The third-order valence-electron chi connectivity index (χ3n) is 4.60. The minimum Gasteiger partial charge on any atom is -0.488 e. The average molecular weight is 411 g/mol. The Morgan fingerprint density at radius 2 is 2.17 bits per heavy atom. The monoisotopic (exact) mass is 411 g/mol. The fourth-order valence-corrected chi connectivity index (χ4v) is 4.14. The lowest BCUT2D eigenvalue weighted by atomic mass is 10.2. The first kappa shape index (κ1) is 19.2. The van der Waals surface area contributed by atoms with Gasteiger partial charge in [0.15, 0.2) is 5.75 Å². The molecule has 4 aromatic rings. The van der Waals surface area contributed by atoms with Crippen molar-refractivity contribution in [2.45, 2.75) is 33.2 Å². The summed E-state index contributed by atoms with van der Waals surface area (Å²) in [5.74, 6) is 1.59. The molecular formula is C21H21N3O4S. The highest BCUT2D eigenvalue weighted by Gasteiger charge is 2.18. The van der Waals surface area contributed by atoms with Gasteiger partial charge in [0, 0.05) is 35.3 Å². The van der Waals surface area contributed by atoms with Crippen molar-refractivity contribution in [3.05, 3.63) is 68.1 Å². The third kappa shape index (κ3) is 3.63. The molecule has 0 saturated heterocycles. The predicted octanol–water partition coefficient (Wildman–Crippen LogP) is 3.81. The van der Waals surface area contributed by atoms with Crippen LogP contribution in [0.3, 0.4) is 0 Å². The van der Waals surface area contributed by atoms with E-state index in [2.05, 4.69) is 9.97 Å². The molecule has 0 aliphatic carbocycles. The molecule has 0 unspecified atom stereocenters. The zero-order valence-electron chi connectivity index (χ0n) is 16.2. The number of nitrogens with one attached hydrogen (secondary N) is 1. The van der Waals surface area contributed by atoms with Gasteiger partial charge >= 0.3 is 0 Å². The fourth-order valence-electron chi connectivity index (χ4n) is 3.20. The van der Waals surface area contributed by atoms with Crippen molar-refractivity contribution in [2.75, 3.05) is 6.61 Å². The lowest BCUT2D eigenvalue weighted by Crippen LogP contribution is -2.26. The summed E-state index contributed by atoms with van der Waals surface area (Å²) in [5.41, 5.74) is 0.998. The van der Waals surface area contributed by atoms with Gasteiger partial charge in [0.1, 0.15) is 16.4 Å². The highest BCUT2D eigenvalue weighted by molar-refractivity contribution is 7.17. The van der Waals surface area contributed by atoms with E-state index < -0.39 is 0 Å². The van der Waals surface area contributed by atoms with Gasteiger partial charge in [-0.25, -0.2) is 4.98 Å². The maximum Gasteiger partial charge on any atom is 0.263 e. The molecule has 1 N–H and O–H groups in total. The summed E-state index contributed by atoms with van der Waals surface area (Å²) in [6, 6.07) is 5.09. The standard InChI is InChI=1S/C21H21N3O4S/c1-3-7-27-17-10-22-13(9-15(17)25)11-24-18(4-2)23-20-19(21(24)26)14(12-29-20)16-6-5-8-28-16/h5-6,8-10,12H,3-4,7,11H2,1-2H3,(H,22,25). The number of fused-ring (bicyclic) bond motifs is 1. The van der Waals surface area contributed by atoms with Crippen molar-refractivity contribution < 1.29 is 9.15 Å². The van der Waals surface area contributed by atoms with Crippen LogP contribution in [-0.4, -0.2) is 21.1 Å². The largest absolute Gasteiger partial charge is 0.488 e. The highest BCUT2D eigenvalue weighted by Crippen LogP contribution is 2.31. The number of aromatic amines is 1. The Morgan fingerprint density at radius 1 is 1.31 bits per heavy atom. The Labute approximate surface area is 170 Å². The van der Waals surface area contributed by atoms with Crippen LogP contribution in [0.15, 0.2) is 50.0 Å². The van der Waals surface area contributed by atoms with Gasteiger partial charge in [-0.2, -0.15) is 0 Å². The molecule has 0 aliphatic rings. The van der Waals surface area contributed by atoms with E-state index in [0.29, 0.717) is 40.5 Å². The Bertz CT molecular complexity index is 1250. The molecule has 0 aliphatic heterocycles. The second kappa shape index (κ2) is 8.08. The Morgan fingerprint density at radius 3 is 2.86 bits per heavy atom. The molecule has 0 atom stereocenters. The lowest BCUT2D eigenvalue weighted by Gasteiger charge is -2.12. The first-order valence-corrected chi connectivity index (χ1v) is 10.4. The summed E-state index contributed by atoms with van der Waals surface area (Å²) in [7, 11) is 0. The Kier molecular flexibility index (Phi) is 5.35. The van der Waals surface area contributed by atoms with E-state index in [1.807, 2.05) is 25.3 Å². The predicted molar refractivity (Wildman–Crippen MR) is 113 cm³/mol. The Hall–Kier alpha value is -3.13. The van der Waals surface area contributed by atoms with Crippen LogP contribution in [0, 0.1) is 0 Å². The van der Waals surface area contributed by atoms with Crippen LogP contribution >= 0.6 is 11.3 Å². The number of aromatic nitrogens is 3. The van der Waals surface area contributed by atoms with E-state index in [1.54, 1.807) is 23.1 Å². The van der Waals surface area contributed by atoms with Crippen molar-refractivity contribution in [1.29, 1.82) is 0 Å². The molecule has 0 bridgehead atoms. The van der Waals surface area contributed by atoms with Crippen molar-refractivity contribution in [3.8, 4) is 17.1 Å². The van der Waals surface area contributed by atoms with Gasteiger partial charge in [-0.05, 0) is 18.6 Å². The van der Waals surface area contributed by atoms with E-state index in [9.17, 15) is 9.59 Å². The molecule has 29 heavy (non-hydrogen) atoms. The number of nitrogens with zero attached hydrogens (tertiary/aromatic N) is 2. The van der Waals surface area contributed by atoms with Crippen LogP contribution in [0.5, 0.6) is 5.75 Å². The van der Waals surface area contributed by atoms with Crippen molar-refractivity contribution in [3.63, 3.8) is 0 Å². The van der Waals surface area contributed by atoms with Crippen LogP contribution in [0.1, 0.15) is 31.8 Å². The van der Waals surface area contributed by atoms with Crippen LogP contribution in [0.25, 0.3) is 21.5 Å². The number of aryl methyl sites for hydroxylation is 1. The van der Waals surface area contributed by atoms with Gasteiger partial charge in [-0.1, -0.05) is 13.8 Å². The van der Waals surface area contributed by atoms with Crippen LogP contribution in [-0.2, 0) is 13.0 Å². The van der Waals surface area contributed by atoms with E-state index in [-0.39, 0.29) is 23.3 Å². The molecule has 0 saturated carbocycles. The molecule has 4 aromatic heterocycles. The van der Waals surface area contributed by atoms with Gasteiger partial charge in [0.2, 0.25) is 5.43 Å². The molecule has 0 aromatic carbocycles. The van der Waals surface area contributed by atoms with Crippen molar-refractivity contribution >= 4 is 21.6 Å². The summed E-state index contributed by atoms with van der Waals surface area (Å²) in [6.45, 7) is 4.64. The first-order valence-electron chi connectivity index (χ1n) is 9.51. The molecular weight excluding hydrogens is 390 g/mol. The van der Waals surface area contributed by atoms with Crippen LogP contribution < -0.4 is 15.7 Å². The topological polar surface area (TPSA) is 90.1 Å². The van der Waals surface area contributed by atoms with Crippen molar-refractivity contribution in [2.24, 2.45) is 0 Å². The van der Waals surface area contributed by atoms with Gasteiger partial charge in [-0.15, -0.1) is 11.3 Å². The van der Waals surface area contributed by atoms with E-state index >= 15 is 0 Å². The smallest absolute Gasteiger partial charge is 0.263 e. The third-order valence-corrected chi connectivity index (χ3v) is 5.47. The first-order chi connectivity index (χ1) is 14.1. The van der Waals surface area contributed by atoms with Crippen LogP contribution in [0.2, 0.25) is 0 Å². The molecule has 0 fully saturated rings. The summed E-state index contributed by atoms with van der Waals surface area (Å²) in [5, 5.41) is 2.43. The molecule has 0 amide bonds. The van der Waals surface area contributed by atoms with Crippen molar-refractivity contribution in [1.82, 2.24) is 14.5 Å². The maximum atomic E-state index is 13.4. The van der Waals surface area contributed by atoms with Gasteiger partial charge in [0.05, 0.1) is 24.8 Å². The van der Waals surface area contributed by atoms with Gasteiger partial charge in [0.25, 0.3) is 5.56 Å². The second-order valence-electron chi connectivity index (χ2n) is 6.61. The van der Waals surface area contributed by atoms with Gasteiger partial charge < -0.3 is 14.1 Å². The number of hydrogen-bond acceptors (Lipinski definition) is 6. The number of pyridine rings is 1. The maximum absolute atomic E-state index is 13.4. The minimum absolute atomic E-state index is 0.147.